The Labute approximate surface area is 126 Å². The molecule has 2 heterocycles. The number of hydrogen-bond acceptors (Lipinski definition) is 3. The quantitative estimate of drug-likeness (QED) is 0.778. The van der Waals surface area contributed by atoms with E-state index < -0.39 is 5.60 Å². The molecule has 21 heavy (non-hydrogen) atoms. The van der Waals surface area contributed by atoms with E-state index in [1.54, 1.807) is 0 Å². The van der Waals surface area contributed by atoms with Crippen LogP contribution in [0.3, 0.4) is 0 Å². The lowest BCUT2D eigenvalue weighted by atomic mass is 9.57. The fraction of sp³-hybridized carbons (Fsp3) is 0.667. The summed E-state index contributed by atoms with van der Waals surface area (Å²) in [5.41, 5.74) is 8.13. The Morgan fingerprint density at radius 1 is 1.19 bits per heavy atom. The summed E-state index contributed by atoms with van der Waals surface area (Å²) < 4.78 is 0. The van der Waals surface area contributed by atoms with E-state index in [2.05, 4.69) is 29.6 Å². The predicted octanol–water partition coefficient (Wildman–Crippen LogP) is 1.86. The summed E-state index contributed by atoms with van der Waals surface area (Å²) in [5.74, 6) is 0. The zero-order valence-corrected chi connectivity index (χ0v) is 12.6. The first-order valence-corrected chi connectivity index (χ1v) is 8.44. The lowest BCUT2D eigenvalue weighted by Crippen LogP contribution is -2.63. The summed E-state index contributed by atoms with van der Waals surface area (Å²) in [4.78, 5) is 0. The van der Waals surface area contributed by atoms with Crippen molar-refractivity contribution >= 4 is 0 Å². The average molecular weight is 286 g/mol. The Morgan fingerprint density at radius 3 is 2.62 bits per heavy atom. The van der Waals surface area contributed by atoms with Crippen LogP contribution in [-0.2, 0) is 11.8 Å². The van der Waals surface area contributed by atoms with E-state index in [4.69, 9.17) is 5.73 Å². The Hall–Kier alpha value is -0.900. The van der Waals surface area contributed by atoms with Gasteiger partial charge in [0.1, 0.15) is 0 Å². The van der Waals surface area contributed by atoms with Gasteiger partial charge in [-0.2, -0.15) is 0 Å². The third kappa shape index (κ3) is 1.91. The molecule has 3 atom stereocenters. The highest BCUT2D eigenvalue weighted by molar-refractivity contribution is 5.41. The van der Waals surface area contributed by atoms with Gasteiger partial charge < -0.3 is 16.2 Å². The van der Waals surface area contributed by atoms with Crippen molar-refractivity contribution in [2.24, 2.45) is 5.73 Å². The predicted molar refractivity (Wildman–Crippen MR) is 84.2 cm³/mol. The second-order valence-corrected chi connectivity index (χ2v) is 7.37. The van der Waals surface area contributed by atoms with Gasteiger partial charge in [-0.15, -0.1) is 0 Å². The molecule has 0 spiro atoms. The first kappa shape index (κ1) is 13.7. The number of fused-ring (bicyclic) bond motifs is 3. The molecular formula is C18H26N2O. The van der Waals surface area contributed by atoms with Crippen molar-refractivity contribution in [1.29, 1.82) is 0 Å². The second-order valence-electron chi connectivity index (χ2n) is 7.37. The molecule has 114 valence electrons. The molecule has 0 aromatic heterocycles. The van der Waals surface area contributed by atoms with Crippen LogP contribution >= 0.6 is 0 Å². The largest absolute Gasteiger partial charge is 0.389 e. The van der Waals surface area contributed by atoms with Crippen molar-refractivity contribution in [3.63, 3.8) is 0 Å². The molecule has 0 amide bonds. The molecule has 2 bridgehead atoms. The van der Waals surface area contributed by atoms with Gasteiger partial charge in [0, 0.05) is 24.0 Å². The molecular weight excluding hydrogens is 260 g/mol. The number of aliphatic hydroxyl groups is 1. The molecule has 3 aliphatic rings. The van der Waals surface area contributed by atoms with E-state index in [0.29, 0.717) is 18.6 Å². The van der Waals surface area contributed by atoms with Crippen molar-refractivity contribution in [1.82, 2.24) is 5.32 Å². The molecule has 4 N–H and O–H groups in total. The minimum atomic E-state index is -0.643. The topological polar surface area (TPSA) is 58.3 Å². The van der Waals surface area contributed by atoms with Gasteiger partial charge in [0.25, 0.3) is 0 Å². The van der Waals surface area contributed by atoms with E-state index in [1.807, 2.05) is 0 Å². The maximum Gasteiger partial charge on any atom is 0.0785 e. The average Bonchev–Trinajstić information content (AvgIpc) is 2.85. The molecule has 3 nitrogen and oxygen atoms in total. The molecule has 2 fully saturated rings. The minimum absolute atomic E-state index is 0.245. The number of rotatable bonds is 2. The van der Waals surface area contributed by atoms with Crippen molar-refractivity contribution in [3.8, 4) is 0 Å². The summed E-state index contributed by atoms with van der Waals surface area (Å²) in [5, 5.41) is 15.3. The number of nitrogens with one attached hydrogen (secondary N) is 1. The molecule has 1 aliphatic carbocycles. The molecule has 2 saturated heterocycles. The summed E-state index contributed by atoms with van der Waals surface area (Å²) >= 11 is 0. The summed E-state index contributed by atoms with van der Waals surface area (Å²) in [6.45, 7) is 0.556. The Balaban J connectivity index is 1.81. The molecule has 1 aromatic carbocycles. The van der Waals surface area contributed by atoms with Crippen LogP contribution in [0.25, 0.3) is 0 Å². The van der Waals surface area contributed by atoms with Crippen molar-refractivity contribution in [2.45, 2.75) is 68.0 Å². The van der Waals surface area contributed by atoms with Crippen molar-refractivity contribution in [2.75, 3.05) is 6.54 Å². The monoisotopic (exact) mass is 286 g/mol. The van der Waals surface area contributed by atoms with Crippen molar-refractivity contribution in [3.05, 3.63) is 35.4 Å². The Bertz CT molecular complexity index is 532. The zero-order chi connectivity index (χ0) is 14.5. The molecule has 0 radical (unpaired) electrons. The molecule has 3 heteroatoms. The highest BCUT2D eigenvalue weighted by atomic mass is 16.3. The molecule has 2 aliphatic heterocycles. The minimum Gasteiger partial charge on any atom is -0.389 e. The molecule has 3 unspecified atom stereocenters. The van der Waals surface area contributed by atoms with Crippen LogP contribution in [-0.4, -0.2) is 29.3 Å². The first-order chi connectivity index (χ1) is 10.2. The first-order valence-electron chi connectivity index (χ1n) is 8.44. The zero-order valence-electron chi connectivity index (χ0n) is 12.6. The lowest BCUT2D eigenvalue weighted by molar-refractivity contribution is -0.0798. The van der Waals surface area contributed by atoms with Crippen LogP contribution in [0.4, 0.5) is 0 Å². The summed E-state index contributed by atoms with van der Waals surface area (Å²) in [7, 11) is 0. The Morgan fingerprint density at radius 2 is 1.90 bits per heavy atom. The summed E-state index contributed by atoms with van der Waals surface area (Å²) in [6, 6.07) is 9.61. The summed E-state index contributed by atoms with van der Waals surface area (Å²) in [6.07, 6.45) is 7.41. The van der Waals surface area contributed by atoms with Gasteiger partial charge in [-0.05, 0) is 56.1 Å². The number of aryl methyl sites for hydroxylation is 1. The van der Waals surface area contributed by atoms with E-state index in [9.17, 15) is 5.11 Å². The van der Waals surface area contributed by atoms with Crippen LogP contribution in [0.15, 0.2) is 24.3 Å². The number of hydrogen-bond donors (Lipinski definition) is 3. The maximum atomic E-state index is 11.7. The smallest absolute Gasteiger partial charge is 0.0785 e. The molecule has 1 aromatic rings. The van der Waals surface area contributed by atoms with Gasteiger partial charge in [0.15, 0.2) is 0 Å². The lowest BCUT2D eigenvalue weighted by Gasteiger charge is -2.53. The van der Waals surface area contributed by atoms with Crippen LogP contribution in [0, 0.1) is 0 Å². The van der Waals surface area contributed by atoms with Crippen molar-refractivity contribution < 1.29 is 5.11 Å². The van der Waals surface area contributed by atoms with Gasteiger partial charge >= 0.3 is 0 Å². The van der Waals surface area contributed by atoms with Gasteiger partial charge in [0.2, 0.25) is 0 Å². The third-order valence-electron chi connectivity index (χ3n) is 6.33. The molecule has 4 rings (SSSR count). The number of nitrogens with two attached hydrogens (primary N) is 1. The number of piperidine rings is 1. The Kier molecular flexibility index (Phi) is 3.14. The maximum absolute atomic E-state index is 11.7. The highest BCUT2D eigenvalue weighted by Crippen LogP contribution is 2.51. The van der Waals surface area contributed by atoms with Gasteiger partial charge in [0.05, 0.1) is 5.60 Å². The fourth-order valence-electron chi connectivity index (χ4n) is 5.32. The van der Waals surface area contributed by atoms with Gasteiger partial charge in [-0.3, -0.25) is 0 Å². The third-order valence-corrected chi connectivity index (χ3v) is 6.33. The van der Waals surface area contributed by atoms with Crippen LogP contribution < -0.4 is 11.1 Å². The second kappa shape index (κ2) is 4.80. The van der Waals surface area contributed by atoms with E-state index in [1.165, 1.54) is 24.0 Å². The SMILES string of the molecule is NCC1(C2(O)CC3CCC(C2)N3)CCCc2ccccc21. The molecule has 0 saturated carbocycles. The van der Waals surface area contributed by atoms with E-state index >= 15 is 0 Å². The van der Waals surface area contributed by atoms with Crippen LogP contribution in [0.1, 0.15) is 49.7 Å². The van der Waals surface area contributed by atoms with Gasteiger partial charge in [-0.1, -0.05) is 24.3 Å². The van der Waals surface area contributed by atoms with Crippen LogP contribution in [0.5, 0.6) is 0 Å². The van der Waals surface area contributed by atoms with E-state index in [0.717, 1.165) is 32.1 Å². The highest BCUT2D eigenvalue weighted by Gasteiger charge is 2.56. The van der Waals surface area contributed by atoms with E-state index in [-0.39, 0.29) is 5.41 Å². The number of benzene rings is 1. The fourth-order valence-corrected chi connectivity index (χ4v) is 5.32. The van der Waals surface area contributed by atoms with Crippen LogP contribution in [0.2, 0.25) is 0 Å². The van der Waals surface area contributed by atoms with Gasteiger partial charge in [-0.25, -0.2) is 0 Å². The normalized spacial score (nSPS) is 41.8. The standard InChI is InChI=1S/C18H26N2O/c19-12-17(9-3-5-13-4-1-2-6-16(13)17)18(21)10-14-7-8-15(11-18)20-14/h1-2,4,6,14-15,20-21H,3,5,7-12,19H2.